The van der Waals surface area contributed by atoms with Crippen molar-refractivity contribution in [2.24, 2.45) is 29.2 Å². The van der Waals surface area contributed by atoms with Gasteiger partial charge in [0.15, 0.2) is 6.10 Å². The number of carbonyl (C=O) groups is 4. The molecule has 0 rings (SSSR count). The van der Waals surface area contributed by atoms with E-state index in [1.165, 1.54) is 11.8 Å². The van der Waals surface area contributed by atoms with Crippen molar-refractivity contribution in [1.82, 2.24) is 0 Å². The lowest BCUT2D eigenvalue weighted by Crippen LogP contribution is -2.44. The van der Waals surface area contributed by atoms with Gasteiger partial charge < -0.3 is 25.7 Å². The second-order valence-electron chi connectivity index (χ2n) is 8.70. The fourth-order valence-corrected chi connectivity index (χ4v) is 3.07. The average molecular weight is 477 g/mol. The zero-order valence-corrected chi connectivity index (χ0v) is 21.1. The smallest absolute Gasteiger partial charge is 0.355 e. The number of thioether (sulfide) groups is 1. The van der Waals surface area contributed by atoms with Crippen LogP contribution >= 0.6 is 11.8 Å². The molecule has 0 aliphatic carbocycles. The predicted octanol–water partition coefficient (Wildman–Crippen LogP) is 2.04. The van der Waals surface area contributed by atoms with Crippen LogP contribution in [0.4, 0.5) is 0 Å². The molecule has 0 aromatic heterocycles. The molecule has 186 valence electrons. The molecule has 2 unspecified atom stereocenters. The Balaban J connectivity index is 5.30. The highest BCUT2D eigenvalue weighted by atomic mass is 32.2. The van der Waals surface area contributed by atoms with Gasteiger partial charge in [-0.05, 0) is 36.7 Å². The van der Waals surface area contributed by atoms with E-state index in [0.29, 0.717) is 18.6 Å². The Morgan fingerprint density at radius 3 is 1.94 bits per heavy atom. The average Bonchev–Trinajstić information content (AvgIpc) is 2.72. The lowest BCUT2D eigenvalue weighted by atomic mass is 10.00. The van der Waals surface area contributed by atoms with Crippen molar-refractivity contribution < 1.29 is 33.4 Å². The number of ether oxygens (including phenoxy) is 3. The molecule has 0 aliphatic rings. The summed E-state index contributed by atoms with van der Waals surface area (Å²) in [7, 11) is 0. The van der Waals surface area contributed by atoms with E-state index in [4.69, 9.17) is 25.7 Å². The van der Waals surface area contributed by atoms with E-state index in [-0.39, 0.29) is 18.3 Å². The largest absolute Gasteiger partial charge is 0.449 e. The first-order chi connectivity index (χ1) is 14.8. The summed E-state index contributed by atoms with van der Waals surface area (Å²) in [6.07, 6.45) is 0.498. The molecule has 9 nitrogen and oxygen atoms in total. The maximum Gasteiger partial charge on any atom is 0.355 e. The van der Waals surface area contributed by atoms with Gasteiger partial charge in [0.05, 0.1) is 0 Å². The van der Waals surface area contributed by atoms with Crippen molar-refractivity contribution in [3.8, 4) is 0 Å². The molecule has 0 fully saturated rings. The van der Waals surface area contributed by atoms with Gasteiger partial charge in [-0.1, -0.05) is 48.0 Å². The SMILES string of the molecule is CC[C@H](C)[C@H](N)C(=O)OC(CC(C)C)C(=O)OC(C(=O)OC(=O)[C@@H](N)CCSC)C(C)C. The van der Waals surface area contributed by atoms with Gasteiger partial charge in [-0.25, -0.2) is 14.4 Å². The van der Waals surface area contributed by atoms with Crippen molar-refractivity contribution in [3.63, 3.8) is 0 Å². The molecule has 0 saturated carbocycles. The van der Waals surface area contributed by atoms with Crippen LogP contribution < -0.4 is 11.5 Å². The van der Waals surface area contributed by atoms with Gasteiger partial charge in [0, 0.05) is 5.92 Å². The Morgan fingerprint density at radius 1 is 0.875 bits per heavy atom. The molecule has 4 N–H and O–H groups in total. The van der Waals surface area contributed by atoms with Crippen LogP contribution in [0.5, 0.6) is 0 Å². The van der Waals surface area contributed by atoms with E-state index in [9.17, 15) is 19.2 Å². The molecule has 0 aliphatic heterocycles. The van der Waals surface area contributed by atoms with Crippen LogP contribution in [0.3, 0.4) is 0 Å². The van der Waals surface area contributed by atoms with E-state index in [1.807, 2.05) is 34.0 Å². The van der Waals surface area contributed by atoms with Gasteiger partial charge >= 0.3 is 23.9 Å². The zero-order chi connectivity index (χ0) is 25.0. The Hall–Kier alpha value is -1.65. The minimum atomic E-state index is -1.35. The van der Waals surface area contributed by atoms with Crippen LogP contribution in [0.15, 0.2) is 0 Å². The number of carbonyl (C=O) groups excluding carboxylic acids is 4. The monoisotopic (exact) mass is 476 g/mol. The molecule has 0 aromatic rings. The molecular weight excluding hydrogens is 436 g/mol. The third-order valence-corrected chi connectivity index (χ3v) is 5.60. The predicted molar refractivity (Wildman–Crippen MR) is 124 cm³/mol. The summed E-state index contributed by atoms with van der Waals surface area (Å²) < 4.78 is 15.5. The van der Waals surface area contributed by atoms with Crippen LogP contribution in [0.25, 0.3) is 0 Å². The van der Waals surface area contributed by atoms with E-state index < -0.39 is 54.1 Å². The van der Waals surface area contributed by atoms with Crippen molar-refractivity contribution in [2.75, 3.05) is 12.0 Å². The summed E-state index contributed by atoms with van der Waals surface area (Å²) >= 11 is 1.51. The Kier molecular flexibility index (Phi) is 14.4. The maximum atomic E-state index is 12.8. The summed E-state index contributed by atoms with van der Waals surface area (Å²) in [4.78, 5) is 49.8. The fraction of sp³-hybridized carbons (Fsp3) is 0.818. The summed E-state index contributed by atoms with van der Waals surface area (Å²) in [5, 5.41) is 0. The van der Waals surface area contributed by atoms with Crippen LogP contribution in [-0.2, 0) is 33.4 Å². The summed E-state index contributed by atoms with van der Waals surface area (Å²) in [6, 6.07) is -1.83. The van der Waals surface area contributed by atoms with Crippen LogP contribution in [0.1, 0.15) is 60.8 Å². The number of hydrogen-bond acceptors (Lipinski definition) is 10. The highest BCUT2D eigenvalue weighted by Gasteiger charge is 2.36. The number of esters is 4. The summed E-state index contributed by atoms with van der Waals surface area (Å²) in [5.41, 5.74) is 11.6. The van der Waals surface area contributed by atoms with Crippen LogP contribution in [0.2, 0.25) is 0 Å². The minimum Gasteiger partial charge on any atom is -0.449 e. The van der Waals surface area contributed by atoms with Gasteiger partial charge in [-0.3, -0.25) is 4.79 Å². The number of nitrogens with two attached hydrogens (primary N) is 2. The van der Waals surface area contributed by atoms with Crippen molar-refractivity contribution in [2.45, 2.75) is 85.1 Å². The molecule has 32 heavy (non-hydrogen) atoms. The van der Waals surface area contributed by atoms with Gasteiger partial charge in [0.2, 0.25) is 6.10 Å². The second kappa shape index (κ2) is 15.2. The molecule has 0 bridgehead atoms. The molecule has 10 heteroatoms. The Labute approximate surface area is 195 Å². The molecule has 0 spiro atoms. The summed E-state index contributed by atoms with van der Waals surface area (Å²) in [6.45, 7) is 10.7. The van der Waals surface area contributed by atoms with E-state index in [0.717, 1.165) is 0 Å². The van der Waals surface area contributed by atoms with Crippen molar-refractivity contribution in [3.05, 3.63) is 0 Å². The zero-order valence-electron chi connectivity index (χ0n) is 20.3. The summed E-state index contributed by atoms with van der Waals surface area (Å²) in [5.74, 6) is -3.47. The normalized spacial score (nSPS) is 16.1. The molecule has 0 heterocycles. The van der Waals surface area contributed by atoms with E-state index in [1.54, 1.807) is 13.8 Å². The Bertz CT molecular complexity index is 627. The first-order valence-corrected chi connectivity index (χ1v) is 12.4. The second-order valence-corrected chi connectivity index (χ2v) is 9.68. The molecule has 0 radical (unpaired) electrons. The number of rotatable bonds is 14. The van der Waals surface area contributed by atoms with Crippen LogP contribution in [-0.4, -0.2) is 60.2 Å². The van der Waals surface area contributed by atoms with Crippen molar-refractivity contribution >= 4 is 35.6 Å². The van der Waals surface area contributed by atoms with Gasteiger partial charge in [-0.15, -0.1) is 0 Å². The molecule has 0 amide bonds. The third kappa shape index (κ3) is 10.8. The van der Waals surface area contributed by atoms with E-state index in [2.05, 4.69) is 0 Å². The fourth-order valence-electron chi connectivity index (χ4n) is 2.58. The third-order valence-electron chi connectivity index (χ3n) is 4.95. The molecule has 5 atom stereocenters. The van der Waals surface area contributed by atoms with Gasteiger partial charge in [0.25, 0.3) is 0 Å². The maximum absolute atomic E-state index is 12.8. The lowest BCUT2D eigenvalue weighted by molar-refractivity contribution is -0.185. The quantitative estimate of drug-likeness (QED) is 0.217. The molecule has 0 aromatic carbocycles. The minimum absolute atomic E-state index is 0.000589. The lowest BCUT2D eigenvalue weighted by Gasteiger charge is -2.25. The van der Waals surface area contributed by atoms with Crippen molar-refractivity contribution in [1.29, 1.82) is 0 Å². The highest BCUT2D eigenvalue weighted by molar-refractivity contribution is 7.98. The van der Waals surface area contributed by atoms with E-state index >= 15 is 0 Å². The highest BCUT2D eigenvalue weighted by Crippen LogP contribution is 2.17. The number of hydrogen-bond donors (Lipinski definition) is 2. The molecular formula is C22H40N2O7S. The topological polar surface area (TPSA) is 148 Å². The first-order valence-electron chi connectivity index (χ1n) is 11.0. The van der Waals surface area contributed by atoms with Gasteiger partial charge in [-0.2, -0.15) is 11.8 Å². The molecule has 0 saturated heterocycles. The van der Waals surface area contributed by atoms with Crippen LogP contribution in [0, 0.1) is 17.8 Å². The Morgan fingerprint density at radius 2 is 1.47 bits per heavy atom. The standard InChI is InChI=1S/C22H40N2O7S/c1-8-14(6)17(24)21(27)29-16(11-12(2)3)20(26)30-18(13(4)5)22(28)31-19(25)15(23)9-10-32-7/h12-18H,8-11,23-24H2,1-7H3/t14-,15-,16?,17-,18?/m0/s1. The first kappa shape index (κ1) is 30.4. The van der Waals surface area contributed by atoms with Gasteiger partial charge in [0.1, 0.15) is 12.1 Å².